The quantitative estimate of drug-likeness (QED) is 0.764. The standard InChI is InChI=1S/C15H21NO3/c1-15(19,11-6-3-2-4-7-11)10-16-14(18)12-8-5-9-13(12)17/h2-4,6-7,12-13,17,19H,5,8-10H2,1H3,(H,16,18). The zero-order chi connectivity index (χ0) is 13.9. The number of amides is 1. The van der Waals surface area contributed by atoms with E-state index >= 15 is 0 Å². The van der Waals surface area contributed by atoms with Gasteiger partial charge in [-0.1, -0.05) is 30.3 Å². The number of aliphatic hydroxyl groups is 2. The Balaban J connectivity index is 1.93. The molecule has 1 saturated carbocycles. The number of nitrogens with one attached hydrogen (secondary N) is 1. The van der Waals surface area contributed by atoms with Gasteiger partial charge in [0, 0.05) is 0 Å². The van der Waals surface area contributed by atoms with Crippen LogP contribution in [0.4, 0.5) is 0 Å². The molecule has 4 heteroatoms. The highest BCUT2D eigenvalue weighted by molar-refractivity contribution is 5.79. The third-order valence-electron chi connectivity index (χ3n) is 3.82. The van der Waals surface area contributed by atoms with Gasteiger partial charge in [-0.05, 0) is 31.7 Å². The first-order valence-electron chi connectivity index (χ1n) is 6.74. The molecule has 3 unspecified atom stereocenters. The molecule has 19 heavy (non-hydrogen) atoms. The molecule has 104 valence electrons. The van der Waals surface area contributed by atoms with E-state index in [-0.39, 0.29) is 18.4 Å². The van der Waals surface area contributed by atoms with Crippen molar-refractivity contribution < 1.29 is 15.0 Å². The van der Waals surface area contributed by atoms with Gasteiger partial charge < -0.3 is 15.5 Å². The van der Waals surface area contributed by atoms with Crippen molar-refractivity contribution in [1.82, 2.24) is 5.32 Å². The van der Waals surface area contributed by atoms with Gasteiger partial charge in [-0.2, -0.15) is 0 Å². The topological polar surface area (TPSA) is 69.6 Å². The largest absolute Gasteiger partial charge is 0.392 e. The zero-order valence-corrected chi connectivity index (χ0v) is 11.2. The molecule has 0 heterocycles. The highest BCUT2D eigenvalue weighted by Crippen LogP contribution is 2.26. The second-order valence-electron chi connectivity index (χ2n) is 5.46. The molecule has 0 bridgehead atoms. The molecule has 1 aromatic carbocycles. The van der Waals surface area contributed by atoms with Crippen LogP contribution in [0.5, 0.6) is 0 Å². The van der Waals surface area contributed by atoms with Crippen LogP contribution in [0.2, 0.25) is 0 Å². The lowest BCUT2D eigenvalue weighted by Crippen LogP contribution is -2.42. The maximum Gasteiger partial charge on any atom is 0.225 e. The van der Waals surface area contributed by atoms with Crippen LogP contribution in [0.25, 0.3) is 0 Å². The monoisotopic (exact) mass is 263 g/mol. The smallest absolute Gasteiger partial charge is 0.225 e. The summed E-state index contributed by atoms with van der Waals surface area (Å²) >= 11 is 0. The van der Waals surface area contributed by atoms with Crippen molar-refractivity contribution in [2.45, 2.75) is 37.9 Å². The van der Waals surface area contributed by atoms with Gasteiger partial charge in [-0.3, -0.25) is 4.79 Å². The number of carbonyl (C=O) groups excluding carboxylic acids is 1. The Morgan fingerprint density at radius 3 is 2.63 bits per heavy atom. The van der Waals surface area contributed by atoms with Crippen LogP contribution in [0.15, 0.2) is 30.3 Å². The minimum absolute atomic E-state index is 0.152. The van der Waals surface area contributed by atoms with Crippen molar-refractivity contribution >= 4 is 5.91 Å². The number of aliphatic hydroxyl groups excluding tert-OH is 1. The SMILES string of the molecule is CC(O)(CNC(=O)C1CCCC1O)c1ccccc1. The summed E-state index contributed by atoms with van der Waals surface area (Å²) in [4.78, 5) is 12.0. The number of hydrogen-bond donors (Lipinski definition) is 3. The lowest BCUT2D eigenvalue weighted by Gasteiger charge is -2.25. The predicted molar refractivity (Wildman–Crippen MR) is 72.4 cm³/mol. The summed E-state index contributed by atoms with van der Waals surface area (Å²) in [6, 6.07) is 9.25. The number of rotatable bonds is 4. The molecule has 4 nitrogen and oxygen atoms in total. The van der Waals surface area contributed by atoms with Crippen LogP contribution in [0, 0.1) is 5.92 Å². The van der Waals surface area contributed by atoms with E-state index in [0.29, 0.717) is 6.42 Å². The van der Waals surface area contributed by atoms with Crippen LogP contribution in [0.1, 0.15) is 31.7 Å². The van der Waals surface area contributed by atoms with Gasteiger partial charge in [-0.25, -0.2) is 0 Å². The maximum atomic E-state index is 12.0. The molecule has 3 atom stereocenters. The molecule has 0 aromatic heterocycles. The fourth-order valence-electron chi connectivity index (χ4n) is 2.54. The van der Waals surface area contributed by atoms with Crippen LogP contribution >= 0.6 is 0 Å². The molecule has 0 radical (unpaired) electrons. The summed E-state index contributed by atoms with van der Waals surface area (Å²) in [6.45, 7) is 1.83. The second kappa shape index (κ2) is 5.72. The number of benzene rings is 1. The maximum absolute atomic E-state index is 12.0. The van der Waals surface area contributed by atoms with E-state index in [1.54, 1.807) is 6.92 Å². The van der Waals surface area contributed by atoms with Gasteiger partial charge in [0.1, 0.15) is 5.60 Å². The summed E-state index contributed by atoms with van der Waals surface area (Å²) in [6.07, 6.45) is 1.75. The fraction of sp³-hybridized carbons (Fsp3) is 0.533. The first-order chi connectivity index (χ1) is 9.00. The van der Waals surface area contributed by atoms with Crippen molar-refractivity contribution in [3.63, 3.8) is 0 Å². The molecule has 3 N–H and O–H groups in total. The predicted octanol–water partition coefficient (Wildman–Crippen LogP) is 1.17. The van der Waals surface area contributed by atoms with Gasteiger partial charge in [-0.15, -0.1) is 0 Å². The highest BCUT2D eigenvalue weighted by Gasteiger charge is 2.32. The van der Waals surface area contributed by atoms with Crippen LogP contribution in [0.3, 0.4) is 0 Å². The van der Waals surface area contributed by atoms with Crippen molar-refractivity contribution in [3.8, 4) is 0 Å². The molecule has 0 spiro atoms. The number of carbonyl (C=O) groups is 1. The Hall–Kier alpha value is -1.39. The molecule has 2 rings (SSSR count). The van der Waals surface area contributed by atoms with Crippen molar-refractivity contribution in [2.24, 2.45) is 5.92 Å². The van der Waals surface area contributed by atoms with Crippen molar-refractivity contribution in [3.05, 3.63) is 35.9 Å². The lowest BCUT2D eigenvalue weighted by molar-refractivity contribution is -0.128. The summed E-state index contributed by atoms with van der Waals surface area (Å²) in [7, 11) is 0. The van der Waals surface area contributed by atoms with Crippen molar-refractivity contribution in [2.75, 3.05) is 6.54 Å². The van der Waals surface area contributed by atoms with Gasteiger partial charge in [0.2, 0.25) is 5.91 Å². The lowest BCUT2D eigenvalue weighted by atomic mass is 9.95. The van der Waals surface area contributed by atoms with E-state index in [2.05, 4.69) is 5.32 Å². The summed E-state index contributed by atoms with van der Waals surface area (Å²) < 4.78 is 0. The molecule has 1 amide bonds. The van der Waals surface area contributed by atoms with Gasteiger partial charge in [0.15, 0.2) is 0 Å². The molecular weight excluding hydrogens is 242 g/mol. The van der Waals surface area contributed by atoms with Crippen molar-refractivity contribution in [1.29, 1.82) is 0 Å². The molecule has 0 aliphatic heterocycles. The molecule has 1 aliphatic rings. The number of hydrogen-bond acceptors (Lipinski definition) is 3. The van der Waals surface area contributed by atoms with E-state index in [1.807, 2.05) is 30.3 Å². The fourth-order valence-corrected chi connectivity index (χ4v) is 2.54. The highest BCUT2D eigenvalue weighted by atomic mass is 16.3. The Morgan fingerprint density at radius 2 is 2.05 bits per heavy atom. The average molecular weight is 263 g/mol. The third-order valence-corrected chi connectivity index (χ3v) is 3.82. The van der Waals surface area contributed by atoms with E-state index < -0.39 is 11.7 Å². The Bertz CT molecular complexity index is 430. The molecule has 1 fully saturated rings. The minimum Gasteiger partial charge on any atom is -0.392 e. The molecule has 1 aromatic rings. The van der Waals surface area contributed by atoms with Crippen LogP contribution < -0.4 is 5.32 Å². The normalized spacial score (nSPS) is 25.8. The van der Waals surface area contributed by atoms with Gasteiger partial charge in [0.25, 0.3) is 0 Å². The van der Waals surface area contributed by atoms with E-state index in [0.717, 1.165) is 18.4 Å². The average Bonchev–Trinajstić information content (AvgIpc) is 2.83. The Kier molecular flexibility index (Phi) is 4.22. The first-order valence-corrected chi connectivity index (χ1v) is 6.74. The molecular formula is C15H21NO3. The zero-order valence-electron chi connectivity index (χ0n) is 11.2. The summed E-state index contributed by atoms with van der Waals surface area (Å²) in [5.41, 5.74) is -0.331. The first kappa shape index (κ1) is 14.0. The Morgan fingerprint density at radius 1 is 1.37 bits per heavy atom. The van der Waals surface area contributed by atoms with E-state index in [9.17, 15) is 15.0 Å². The van der Waals surface area contributed by atoms with Crippen LogP contribution in [-0.4, -0.2) is 28.8 Å². The van der Waals surface area contributed by atoms with Gasteiger partial charge in [0.05, 0.1) is 18.6 Å². The third kappa shape index (κ3) is 3.33. The van der Waals surface area contributed by atoms with Gasteiger partial charge >= 0.3 is 0 Å². The van der Waals surface area contributed by atoms with E-state index in [1.165, 1.54) is 0 Å². The molecule has 1 aliphatic carbocycles. The summed E-state index contributed by atoms with van der Waals surface area (Å²) in [5, 5.41) is 22.8. The Labute approximate surface area is 113 Å². The molecule has 0 saturated heterocycles. The van der Waals surface area contributed by atoms with Crippen LogP contribution in [-0.2, 0) is 10.4 Å². The minimum atomic E-state index is -1.10. The second-order valence-corrected chi connectivity index (χ2v) is 5.46. The van der Waals surface area contributed by atoms with E-state index in [4.69, 9.17) is 0 Å². The summed E-state index contributed by atoms with van der Waals surface area (Å²) in [5.74, 6) is -0.493.